The number of aryl methyl sites for hydroxylation is 1. The van der Waals surface area contributed by atoms with E-state index in [9.17, 15) is 4.79 Å². The molecular formula is C12H14N2O. The molecule has 0 bridgehead atoms. The Morgan fingerprint density at radius 2 is 2.20 bits per heavy atom. The summed E-state index contributed by atoms with van der Waals surface area (Å²) >= 11 is 0. The monoisotopic (exact) mass is 202 g/mol. The lowest BCUT2D eigenvalue weighted by Gasteiger charge is -1.97. The standard InChI is InChI=1S/C12H14N2O/c1-7-8(2)14-12-6-13-5-10(9(3)15)4-11(7)12/h4,6,14H,5H2,1-3H3. The summed E-state index contributed by atoms with van der Waals surface area (Å²) in [6.07, 6.45) is 3.76. The average Bonchev–Trinajstić information content (AvgIpc) is 2.41. The molecule has 0 saturated carbocycles. The number of rotatable bonds is 1. The molecule has 1 aromatic heterocycles. The number of hydrogen-bond donors (Lipinski definition) is 1. The highest BCUT2D eigenvalue weighted by molar-refractivity contribution is 6.01. The summed E-state index contributed by atoms with van der Waals surface area (Å²) in [7, 11) is 0. The van der Waals surface area contributed by atoms with Crippen molar-refractivity contribution in [2.45, 2.75) is 20.8 Å². The van der Waals surface area contributed by atoms with Crippen molar-refractivity contribution in [3.8, 4) is 0 Å². The molecule has 1 N–H and O–H groups in total. The molecule has 2 heterocycles. The molecule has 1 aliphatic rings. The van der Waals surface area contributed by atoms with Crippen molar-refractivity contribution < 1.29 is 4.79 Å². The Balaban J connectivity index is 2.60. The van der Waals surface area contributed by atoms with E-state index in [4.69, 9.17) is 0 Å². The highest BCUT2D eigenvalue weighted by atomic mass is 16.1. The molecule has 0 amide bonds. The van der Waals surface area contributed by atoms with Crippen LogP contribution in [0.1, 0.15) is 29.4 Å². The number of nitrogens with zero attached hydrogens (tertiary/aromatic N) is 1. The van der Waals surface area contributed by atoms with Gasteiger partial charge in [0, 0.05) is 23.0 Å². The first kappa shape index (κ1) is 9.90. The highest BCUT2D eigenvalue weighted by Crippen LogP contribution is 2.22. The number of aliphatic imine (C=N–C) groups is 1. The second-order valence-corrected chi connectivity index (χ2v) is 3.90. The van der Waals surface area contributed by atoms with Crippen LogP contribution in [-0.4, -0.2) is 23.5 Å². The zero-order chi connectivity index (χ0) is 11.0. The molecule has 0 atom stereocenters. The number of Topliss-reactive ketones (excluding diaryl/α,β-unsaturated/α-hetero) is 1. The Labute approximate surface area is 88.9 Å². The quantitative estimate of drug-likeness (QED) is 0.744. The predicted octanol–water partition coefficient (Wildman–Crippen LogP) is 2.04. The summed E-state index contributed by atoms with van der Waals surface area (Å²) in [5.41, 5.74) is 5.19. The van der Waals surface area contributed by atoms with Gasteiger partial charge >= 0.3 is 0 Å². The van der Waals surface area contributed by atoms with Crippen molar-refractivity contribution >= 4 is 18.1 Å². The lowest BCUT2D eigenvalue weighted by molar-refractivity contribution is -0.113. The number of H-pyrrole nitrogens is 1. The van der Waals surface area contributed by atoms with Gasteiger partial charge in [-0.3, -0.25) is 9.79 Å². The molecule has 0 fully saturated rings. The van der Waals surface area contributed by atoms with Crippen molar-refractivity contribution in [1.82, 2.24) is 4.98 Å². The van der Waals surface area contributed by atoms with Gasteiger partial charge < -0.3 is 4.98 Å². The SMILES string of the molecule is CC(=O)C1=Cc2c([nH]c(C)c2C)C=NC1. The van der Waals surface area contributed by atoms with Crippen molar-refractivity contribution in [3.05, 3.63) is 28.1 Å². The van der Waals surface area contributed by atoms with Crippen molar-refractivity contribution in [2.75, 3.05) is 6.54 Å². The van der Waals surface area contributed by atoms with Crippen LogP contribution in [0.3, 0.4) is 0 Å². The number of aromatic amines is 1. The number of nitrogens with one attached hydrogen (secondary N) is 1. The van der Waals surface area contributed by atoms with Gasteiger partial charge in [-0.25, -0.2) is 0 Å². The first-order chi connectivity index (χ1) is 7.09. The second-order valence-electron chi connectivity index (χ2n) is 3.90. The van der Waals surface area contributed by atoms with Crippen LogP contribution in [0.25, 0.3) is 6.08 Å². The molecule has 1 aliphatic heterocycles. The van der Waals surface area contributed by atoms with E-state index < -0.39 is 0 Å². The molecule has 1 aromatic rings. The van der Waals surface area contributed by atoms with Gasteiger partial charge in [-0.05, 0) is 32.4 Å². The molecule has 2 rings (SSSR count). The minimum Gasteiger partial charge on any atom is -0.357 e. The number of carbonyl (C=O) groups is 1. The Morgan fingerprint density at radius 1 is 1.47 bits per heavy atom. The van der Waals surface area contributed by atoms with E-state index in [2.05, 4.69) is 16.9 Å². The molecule has 78 valence electrons. The molecule has 0 spiro atoms. The summed E-state index contributed by atoms with van der Waals surface area (Å²) in [6.45, 7) is 6.15. The topological polar surface area (TPSA) is 45.2 Å². The number of aromatic nitrogens is 1. The molecule has 15 heavy (non-hydrogen) atoms. The van der Waals surface area contributed by atoms with Crippen molar-refractivity contribution in [2.24, 2.45) is 4.99 Å². The average molecular weight is 202 g/mol. The van der Waals surface area contributed by atoms with Gasteiger partial charge in [0.1, 0.15) is 0 Å². The maximum Gasteiger partial charge on any atom is 0.157 e. The number of carbonyl (C=O) groups excluding carboxylic acids is 1. The summed E-state index contributed by atoms with van der Waals surface area (Å²) in [6, 6.07) is 0. The van der Waals surface area contributed by atoms with Gasteiger partial charge in [-0.2, -0.15) is 0 Å². The number of fused-ring (bicyclic) bond motifs is 1. The maximum absolute atomic E-state index is 11.3. The lowest BCUT2D eigenvalue weighted by Crippen LogP contribution is -1.99. The zero-order valence-electron chi connectivity index (χ0n) is 9.22. The van der Waals surface area contributed by atoms with E-state index in [1.54, 1.807) is 6.92 Å². The van der Waals surface area contributed by atoms with Gasteiger partial charge in [0.15, 0.2) is 5.78 Å². The van der Waals surface area contributed by atoms with E-state index in [1.165, 1.54) is 5.56 Å². The third kappa shape index (κ3) is 1.65. The second kappa shape index (κ2) is 3.50. The lowest BCUT2D eigenvalue weighted by atomic mass is 10.1. The van der Waals surface area contributed by atoms with Crippen LogP contribution < -0.4 is 0 Å². The maximum atomic E-state index is 11.3. The van der Waals surface area contributed by atoms with Gasteiger partial charge in [-0.1, -0.05) is 0 Å². The minimum atomic E-state index is 0.0956. The van der Waals surface area contributed by atoms with Crippen molar-refractivity contribution in [1.29, 1.82) is 0 Å². The van der Waals surface area contributed by atoms with E-state index in [-0.39, 0.29) is 5.78 Å². The summed E-state index contributed by atoms with van der Waals surface area (Å²) in [5, 5.41) is 0. The first-order valence-corrected chi connectivity index (χ1v) is 5.00. The number of ketones is 1. The molecule has 3 nitrogen and oxygen atoms in total. The van der Waals surface area contributed by atoms with Gasteiger partial charge in [-0.15, -0.1) is 0 Å². The van der Waals surface area contributed by atoms with Crippen molar-refractivity contribution in [3.63, 3.8) is 0 Å². The fourth-order valence-electron chi connectivity index (χ4n) is 1.72. The van der Waals surface area contributed by atoms with Crippen LogP contribution in [-0.2, 0) is 4.79 Å². The predicted molar refractivity (Wildman–Crippen MR) is 61.4 cm³/mol. The molecular weight excluding hydrogens is 188 g/mol. The largest absolute Gasteiger partial charge is 0.357 e. The van der Waals surface area contributed by atoms with Crippen LogP contribution >= 0.6 is 0 Å². The molecule has 0 aromatic carbocycles. The van der Waals surface area contributed by atoms with E-state index in [0.717, 1.165) is 22.5 Å². The fraction of sp³-hybridized carbons (Fsp3) is 0.333. The van der Waals surface area contributed by atoms with Crippen LogP contribution in [0.15, 0.2) is 10.6 Å². The molecule has 3 heteroatoms. The normalized spacial score (nSPS) is 14.5. The molecule has 0 unspecified atom stereocenters. The summed E-state index contributed by atoms with van der Waals surface area (Å²) < 4.78 is 0. The van der Waals surface area contributed by atoms with Crippen LogP contribution in [0, 0.1) is 13.8 Å². The minimum absolute atomic E-state index is 0.0956. The van der Waals surface area contributed by atoms with E-state index in [1.807, 2.05) is 19.2 Å². The smallest absolute Gasteiger partial charge is 0.157 e. The summed E-state index contributed by atoms with van der Waals surface area (Å²) in [4.78, 5) is 18.8. The van der Waals surface area contributed by atoms with E-state index in [0.29, 0.717) is 6.54 Å². The van der Waals surface area contributed by atoms with Gasteiger partial charge in [0.05, 0.1) is 12.2 Å². The van der Waals surface area contributed by atoms with Crippen LogP contribution in [0.4, 0.5) is 0 Å². The Bertz CT molecular complexity index is 478. The third-order valence-electron chi connectivity index (χ3n) is 2.83. The molecule has 0 saturated heterocycles. The van der Waals surface area contributed by atoms with Crippen LogP contribution in [0.2, 0.25) is 0 Å². The Kier molecular flexibility index (Phi) is 2.31. The number of hydrogen-bond acceptors (Lipinski definition) is 2. The van der Waals surface area contributed by atoms with E-state index >= 15 is 0 Å². The Morgan fingerprint density at radius 3 is 2.87 bits per heavy atom. The fourth-order valence-corrected chi connectivity index (χ4v) is 1.72. The zero-order valence-corrected chi connectivity index (χ0v) is 9.22. The van der Waals surface area contributed by atoms with Gasteiger partial charge in [0.25, 0.3) is 0 Å². The van der Waals surface area contributed by atoms with Gasteiger partial charge in [0.2, 0.25) is 0 Å². The highest BCUT2D eigenvalue weighted by Gasteiger charge is 2.13. The van der Waals surface area contributed by atoms with Crippen LogP contribution in [0.5, 0.6) is 0 Å². The summed E-state index contributed by atoms with van der Waals surface area (Å²) in [5.74, 6) is 0.0956. The Hall–Kier alpha value is -1.64. The first-order valence-electron chi connectivity index (χ1n) is 5.00. The third-order valence-corrected chi connectivity index (χ3v) is 2.83. The molecule has 0 aliphatic carbocycles. The molecule has 0 radical (unpaired) electrons.